The molecule has 1 aromatic heterocycles. The molecule has 0 bridgehead atoms. The molecule has 1 heterocycles. The Morgan fingerprint density at radius 3 is 2.38 bits per heavy atom. The molecule has 3 nitrogen and oxygen atoms in total. The number of hydrogen-bond acceptors (Lipinski definition) is 2. The maximum Gasteiger partial charge on any atom is 0.256 e. The second-order valence-electron chi connectivity index (χ2n) is 2.55. The fourth-order valence-electron chi connectivity index (χ4n) is 0.966. The van der Waals surface area contributed by atoms with E-state index in [0.29, 0.717) is 5.56 Å². The standard InChI is InChI=1S/C8H11NO2.C2H6/c1-6-3-4-9(2)8(11)7(6)5-10;1-2/h3-4,10H,5H2,1-2H3;1-2H3. The van der Waals surface area contributed by atoms with Crippen molar-refractivity contribution in [3.63, 3.8) is 0 Å². The Morgan fingerprint density at radius 2 is 2.00 bits per heavy atom. The van der Waals surface area contributed by atoms with Gasteiger partial charge in [0.15, 0.2) is 0 Å². The van der Waals surface area contributed by atoms with Crippen LogP contribution in [0.25, 0.3) is 0 Å². The molecule has 1 N–H and O–H groups in total. The third-order valence-corrected chi connectivity index (χ3v) is 1.76. The van der Waals surface area contributed by atoms with Gasteiger partial charge in [-0.05, 0) is 18.6 Å². The molecular formula is C10H17NO2. The fourth-order valence-corrected chi connectivity index (χ4v) is 0.966. The molecule has 0 radical (unpaired) electrons. The first-order chi connectivity index (χ1) is 6.16. The van der Waals surface area contributed by atoms with E-state index in [2.05, 4.69) is 0 Å². The smallest absolute Gasteiger partial charge is 0.256 e. The van der Waals surface area contributed by atoms with E-state index in [0.717, 1.165) is 5.56 Å². The van der Waals surface area contributed by atoms with E-state index in [-0.39, 0.29) is 12.2 Å². The molecule has 0 aliphatic carbocycles. The van der Waals surface area contributed by atoms with Crippen LogP contribution in [-0.4, -0.2) is 9.67 Å². The van der Waals surface area contributed by atoms with Crippen molar-refractivity contribution in [2.75, 3.05) is 0 Å². The average Bonchev–Trinajstić information content (AvgIpc) is 2.16. The molecule has 3 heteroatoms. The van der Waals surface area contributed by atoms with Gasteiger partial charge in [-0.2, -0.15) is 0 Å². The van der Waals surface area contributed by atoms with E-state index in [9.17, 15) is 4.79 Å². The molecule has 0 spiro atoms. The predicted molar refractivity (Wildman–Crippen MR) is 53.7 cm³/mol. The molecule has 0 aromatic carbocycles. The van der Waals surface area contributed by atoms with Gasteiger partial charge in [-0.15, -0.1) is 0 Å². The minimum atomic E-state index is -0.181. The Balaban J connectivity index is 0.000000671. The third-order valence-electron chi connectivity index (χ3n) is 1.76. The molecule has 0 amide bonds. The Bertz CT molecular complexity index is 315. The second kappa shape index (κ2) is 5.54. The van der Waals surface area contributed by atoms with Gasteiger partial charge in [-0.3, -0.25) is 4.79 Å². The number of nitrogens with zero attached hydrogens (tertiary/aromatic N) is 1. The number of pyridine rings is 1. The van der Waals surface area contributed by atoms with Crippen molar-refractivity contribution in [2.45, 2.75) is 27.4 Å². The van der Waals surface area contributed by atoms with Gasteiger partial charge in [0.1, 0.15) is 0 Å². The first-order valence-corrected chi connectivity index (χ1v) is 4.42. The summed E-state index contributed by atoms with van der Waals surface area (Å²) in [5.41, 5.74) is 1.21. The number of aryl methyl sites for hydroxylation is 2. The van der Waals surface area contributed by atoms with Gasteiger partial charge in [-0.1, -0.05) is 13.8 Å². The highest BCUT2D eigenvalue weighted by atomic mass is 16.3. The fraction of sp³-hybridized carbons (Fsp3) is 0.500. The first-order valence-electron chi connectivity index (χ1n) is 4.42. The summed E-state index contributed by atoms with van der Waals surface area (Å²) in [6.07, 6.45) is 1.69. The molecule has 0 aliphatic heterocycles. The van der Waals surface area contributed by atoms with E-state index in [1.165, 1.54) is 4.57 Å². The van der Waals surface area contributed by atoms with Crippen molar-refractivity contribution in [1.29, 1.82) is 0 Å². The number of aromatic nitrogens is 1. The highest BCUT2D eigenvalue weighted by molar-refractivity contribution is 5.21. The van der Waals surface area contributed by atoms with Crippen LogP contribution in [-0.2, 0) is 13.7 Å². The van der Waals surface area contributed by atoms with Crippen LogP contribution < -0.4 is 5.56 Å². The number of aliphatic hydroxyl groups excluding tert-OH is 1. The van der Waals surface area contributed by atoms with Crippen LogP contribution >= 0.6 is 0 Å². The molecular weight excluding hydrogens is 166 g/mol. The maximum absolute atomic E-state index is 11.2. The summed E-state index contributed by atoms with van der Waals surface area (Å²) in [7, 11) is 1.67. The Morgan fingerprint density at radius 1 is 1.46 bits per heavy atom. The van der Waals surface area contributed by atoms with E-state index in [4.69, 9.17) is 5.11 Å². The monoisotopic (exact) mass is 183 g/mol. The van der Waals surface area contributed by atoms with Crippen molar-refractivity contribution in [3.05, 3.63) is 33.7 Å². The second-order valence-corrected chi connectivity index (χ2v) is 2.55. The highest BCUT2D eigenvalue weighted by Gasteiger charge is 2.02. The molecule has 0 atom stereocenters. The van der Waals surface area contributed by atoms with Gasteiger partial charge >= 0.3 is 0 Å². The van der Waals surface area contributed by atoms with E-state index >= 15 is 0 Å². The van der Waals surface area contributed by atoms with Crippen LogP contribution in [0.5, 0.6) is 0 Å². The summed E-state index contributed by atoms with van der Waals surface area (Å²) in [6.45, 7) is 5.63. The van der Waals surface area contributed by atoms with Crippen molar-refractivity contribution < 1.29 is 5.11 Å². The molecule has 74 valence electrons. The lowest BCUT2D eigenvalue weighted by Gasteiger charge is -2.02. The van der Waals surface area contributed by atoms with Gasteiger partial charge in [0, 0.05) is 18.8 Å². The van der Waals surface area contributed by atoms with Crippen molar-refractivity contribution in [3.8, 4) is 0 Å². The van der Waals surface area contributed by atoms with Gasteiger partial charge in [0.25, 0.3) is 5.56 Å². The van der Waals surface area contributed by atoms with Crippen LogP contribution in [0.3, 0.4) is 0 Å². The predicted octanol–water partition coefficient (Wildman–Crippen LogP) is 1.21. The Labute approximate surface area is 78.6 Å². The topological polar surface area (TPSA) is 42.2 Å². The molecule has 0 fully saturated rings. The third kappa shape index (κ3) is 2.70. The average molecular weight is 183 g/mol. The summed E-state index contributed by atoms with van der Waals surface area (Å²) in [4.78, 5) is 11.2. The van der Waals surface area contributed by atoms with Gasteiger partial charge < -0.3 is 9.67 Å². The number of aliphatic hydroxyl groups is 1. The van der Waals surface area contributed by atoms with Crippen LogP contribution in [0.1, 0.15) is 25.0 Å². The maximum atomic E-state index is 11.2. The molecule has 0 unspecified atom stereocenters. The van der Waals surface area contributed by atoms with Gasteiger partial charge in [-0.25, -0.2) is 0 Å². The largest absolute Gasteiger partial charge is 0.391 e. The van der Waals surface area contributed by atoms with Crippen LogP contribution in [0.4, 0.5) is 0 Å². The van der Waals surface area contributed by atoms with E-state index in [1.54, 1.807) is 13.2 Å². The van der Waals surface area contributed by atoms with Crippen LogP contribution in [0, 0.1) is 6.92 Å². The minimum absolute atomic E-state index is 0.118. The summed E-state index contributed by atoms with van der Waals surface area (Å²) in [6, 6.07) is 1.81. The molecule has 0 saturated carbocycles. The van der Waals surface area contributed by atoms with Gasteiger partial charge in [0.2, 0.25) is 0 Å². The number of rotatable bonds is 1. The molecule has 0 saturated heterocycles. The van der Waals surface area contributed by atoms with E-state index in [1.807, 2.05) is 26.8 Å². The summed E-state index contributed by atoms with van der Waals surface area (Å²) < 4.78 is 1.46. The number of hydrogen-bond donors (Lipinski definition) is 1. The summed E-state index contributed by atoms with van der Waals surface area (Å²) in [5.74, 6) is 0. The molecule has 13 heavy (non-hydrogen) atoms. The van der Waals surface area contributed by atoms with E-state index < -0.39 is 0 Å². The normalized spacial score (nSPS) is 9.00. The zero-order chi connectivity index (χ0) is 10.4. The summed E-state index contributed by atoms with van der Waals surface area (Å²) >= 11 is 0. The lowest BCUT2D eigenvalue weighted by molar-refractivity contribution is 0.278. The zero-order valence-electron chi connectivity index (χ0n) is 8.66. The Kier molecular flexibility index (Phi) is 5.07. The molecule has 0 aliphatic rings. The van der Waals surface area contributed by atoms with Gasteiger partial charge in [0.05, 0.1) is 6.61 Å². The highest BCUT2D eigenvalue weighted by Crippen LogP contribution is 1.99. The zero-order valence-corrected chi connectivity index (χ0v) is 8.66. The lowest BCUT2D eigenvalue weighted by Crippen LogP contribution is -2.21. The van der Waals surface area contributed by atoms with Crippen molar-refractivity contribution in [2.24, 2.45) is 7.05 Å². The SMILES string of the molecule is CC.Cc1ccn(C)c(=O)c1CO. The van der Waals surface area contributed by atoms with Crippen molar-refractivity contribution in [1.82, 2.24) is 4.57 Å². The first kappa shape index (κ1) is 11.9. The molecule has 1 aromatic rings. The van der Waals surface area contributed by atoms with Crippen molar-refractivity contribution >= 4 is 0 Å². The Hall–Kier alpha value is -1.09. The lowest BCUT2D eigenvalue weighted by atomic mass is 10.2. The molecule has 1 rings (SSSR count). The van der Waals surface area contributed by atoms with Crippen LogP contribution in [0.15, 0.2) is 17.1 Å². The quantitative estimate of drug-likeness (QED) is 0.711. The summed E-state index contributed by atoms with van der Waals surface area (Å²) in [5, 5.41) is 8.81. The minimum Gasteiger partial charge on any atom is -0.391 e. The van der Waals surface area contributed by atoms with Crippen LogP contribution in [0.2, 0.25) is 0 Å².